The number of ether oxygens (including phenoxy) is 1. The summed E-state index contributed by atoms with van der Waals surface area (Å²) in [6.07, 6.45) is -10.4. The number of likely N-dealkylation sites (tertiary alicyclic amines) is 1. The monoisotopic (exact) mass is 564 g/mol. The van der Waals surface area contributed by atoms with Crippen LogP contribution in [0.15, 0.2) is 42.5 Å². The number of amides is 2. The number of benzene rings is 2. The zero-order valence-electron chi connectivity index (χ0n) is 20.9. The summed E-state index contributed by atoms with van der Waals surface area (Å²) in [4.78, 5) is 26.7. The molecule has 0 bridgehead atoms. The van der Waals surface area contributed by atoms with Crippen molar-refractivity contribution in [2.45, 2.75) is 37.7 Å². The maximum Gasteiger partial charge on any atom is 0.416 e. The average Bonchev–Trinajstić information content (AvgIpc) is 2.87. The van der Waals surface area contributed by atoms with Gasteiger partial charge in [0.25, 0.3) is 0 Å². The Kier molecular flexibility index (Phi) is 9.47. The van der Waals surface area contributed by atoms with Gasteiger partial charge in [0.15, 0.2) is 0 Å². The number of carbonyl (C=O) groups excluding carboxylic acids is 1. The van der Waals surface area contributed by atoms with Crippen molar-refractivity contribution in [3.63, 3.8) is 0 Å². The first-order valence-corrected chi connectivity index (χ1v) is 12.0. The predicted molar refractivity (Wildman–Crippen MR) is 125 cm³/mol. The van der Waals surface area contributed by atoms with Crippen LogP contribution in [0.5, 0.6) is 0 Å². The van der Waals surface area contributed by atoms with Crippen LogP contribution in [0.2, 0.25) is 0 Å². The highest BCUT2D eigenvalue weighted by molar-refractivity contribution is 5.79. The first kappa shape index (κ1) is 30.2. The molecule has 3 rings (SSSR count). The lowest BCUT2D eigenvalue weighted by molar-refractivity contribution is -0.143. The van der Waals surface area contributed by atoms with Gasteiger partial charge in [0.2, 0.25) is 5.91 Å². The van der Waals surface area contributed by atoms with E-state index in [9.17, 15) is 40.3 Å². The number of carbonyl (C=O) groups is 2. The van der Waals surface area contributed by atoms with Crippen molar-refractivity contribution < 1.29 is 50.2 Å². The molecule has 39 heavy (non-hydrogen) atoms. The molecule has 1 heterocycles. The van der Waals surface area contributed by atoms with Crippen LogP contribution < -0.4 is 0 Å². The molecular formula is C26H27F7N2O4. The average molecular weight is 564 g/mol. The highest BCUT2D eigenvalue weighted by Crippen LogP contribution is 2.36. The molecule has 1 aliphatic rings. The third kappa shape index (κ3) is 8.32. The molecule has 2 aromatic carbocycles. The van der Waals surface area contributed by atoms with Crippen LogP contribution >= 0.6 is 0 Å². The molecular weight excluding hydrogens is 537 g/mol. The highest BCUT2D eigenvalue weighted by atomic mass is 19.4. The van der Waals surface area contributed by atoms with Gasteiger partial charge in [-0.05, 0) is 54.3 Å². The summed E-state index contributed by atoms with van der Waals surface area (Å²) in [6.45, 7) is -0.254. The minimum Gasteiger partial charge on any atom is -0.465 e. The van der Waals surface area contributed by atoms with Crippen LogP contribution in [0.4, 0.5) is 35.5 Å². The minimum atomic E-state index is -4.99. The van der Waals surface area contributed by atoms with Gasteiger partial charge < -0.3 is 19.6 Å². The molecule has 13 heteroatoms. The number of carboxylic acid groups (broad SMARTS) is 1. The summed E-state index contributed by atoms with van der Waals surface area (Å²) < 4.78 is 98.0. The number of hydrogen-bond acceptors (Lipinski definition) is 3. The first-order chi connectivity index (χ1) is 18.1. The molecule has 6 nitrogen and oxygen atoms in total. The van der Waals surface area contributed by atoms with Crippen LogP contribution in [-0.2, 0) is 28.5 Å². The number of likely N-dealkylation sites (N-methyl/N-ethyl adjacent to an activating group) is 1. The lowest BCUT2D eigenvalue weighted by Crippen LogP contribution is -2.44. The SMILES string of the molecule is CN(CC(COCc1cc(C(F)(F)F)cc(C(F)(F)F)c1)c1ccc(F)cc1)C(=O)C1CCN(C(=O)O)CC1. The molecule has 0 saturated carbocycles. The van der Waals surface area contributed by atoms with Gasteiger partial charge in [0.05, 0.1) is 24.3 Å². The first-order valence-electron chi connectivity index (χ1n) is 12.0. The number of halogens is 7. The molecule has 1 saturated heterocycles. The van der Waals surface area contributed by atoms with Crippen molar-refractivity contribution in [2.75, 3.05) is 33.3 Å². The smallest absolute Gasteiger partial charge is 0.416 e. The van der Waals surface area contributed by atoms with Crippen LogP contribution in [0, 0.1) is 11.7 Å². The van der Waals surface area contributed by atoms with E-state index in [1.165, 1.54) is 41.1 Å². The Labute approximate surface area is 220 Å². The second-order valence-electron chi connectivity index (χ2n) is 9.44. The van der Waals surface area contributed by atoms with Gasteiger partial charge >= 0.3 is 18.4 Å². The van der Waals surface area contributed by atoms with Crippen LogP contribution in [0.1, 0.15) is 41.0 Å². The fraction of sp³-hybridized carbons (Fsp3) is 0.462. The van der Waals surface area contributed by atoms with Gasteiger partial charge in [0.1, 0.15) is 5.82 Å². The molecule has 1 unspecified atom stereocenters. The van der Waals surface area contributed by atoms with Gasteiger partial charge in [-0.2, -0.15) is 26.3 Å². The van der Waals surface area contributed by atoms with Crippen LogP contribution in [0.3, 0.4) is 0 Å². The number of piperidine rings is 1. The Morgan fingerprint density at radius 1 is 1.00 bits per heavy atom. The third-order valence-electron chi connectivity index (χ3n) is 6.56. The van der Waals surface area contributed by atoms with E-state index in [0.717, 1.165) is 0 Å². The standard InChI is InChI=1S/C26H27F7N2O4/c1-34(23(36)18-6-8-35(9-7-18)24(37)38)13-19(17-2-4-22(27)5-3-17)15-39-14-16-10-20(25(28,29)30)12-21(11-16)26(31,32)33/h2-5,10-12,18-19H,6-9,13-15H2,1H3,(H,37,38). The predicted octanol–water partition coefficient (Wildman–Crippen LogP) is 6.01. The van der Waals surface area contributed by atoms with E-state index >= 15 is 0 Å². The van der Waals surface area contributed by atoms with Gasteiger partial charge in [-0.1, -0.05) is 12.1 Å². The Morgan fingerprint density at radius 2 is 1.54 bits per heavy atom. The molecule has 1 atom stereocenters. The van der Waals surface area contributed by atoms with E-state index in [-0.39, 0.29) is 43.8 Å². The van der Waals surface area contributed by atoms with E-state index < -0.39 is 53.8 Å². The number of hydrogen-bond donors (Lipinski definition) is 1. The molecule has 1 fully saturated rings. The van der Waals surface area contributed by atoms with Crippen molar-refractivity contribution >= 4 is 12.0 Å². The maximum atomic E-state index is 13.5. The molecule has 214 valence electrons. The quantitative estimate of drug-likeness (QED) is 0.399. The summed E-state index contributed by atoms with van der Waals surface area (Å²) in [5, 5.41) is 9.09. The fourth-order valence-electron chi connectivity index (χ4n) is 4.46. The van der Waals surface area contributed by atoms with Gasteiger partial charge in [-0.15, -0.1) is 0 Å². The highest BCUT2D eigenvalue weighted by Gasteiger charge is 2.37. The van der Waals surface area contributed by atoms with Crippen molar-refractivity contribution in [3.05, 3.63) is 70.5 Å². The zero-order chi connectivity index (χ0) is 29.0. The maximum absolute atomic E-state index is 13.5. The van der Waals surface area contributed by atoms with Gasteiger partial charge in [-0.3, -0.25) is 4.79 Å². The number of rotatable bonds is 8. The Hall–Kier alpha value is -3.35. The van der Waals surface area contributed by atoms with Gasteiger partial charge in [0, 0.05) is 38.5 Å². The second kappa shape index (κ2) is 12.2. The Morgan fingerprint density at radius 3 is 2.03 bits per heavy atom. The molecule has 0 aromatic heterocycles. The molecule has 2 amide bonds. The van der Waals surface area contributed by atoms with Gasteiger partial charge in [-0.25, -0.2) is 9.18 Å². The van der Waals surface area contributed by atoms with Crippen LogP contribution in [-0.4, -0.2) is 60.2 Å². The topological polar surface area (TPSA) is 70.1 Å². The molecule has 0 spiro atoms. The number of nitrogens with zero attached hydrogens (tertiary/aromatic N) is 2. The molecule has 0 radical (unpaired) electrons. The summed E-state index contributed by atoms with van der Waals surface area (Å²) in [5.41, 5.74) is -2.68. The van der Waals surface area contributed by atoms with E-state index in [1.807, 2.05) is 0 Å². The lowest BCUT2D eigenvalue weighted by atomic mass is 9.94. The summed E-state index contributed by atoms with van der Waals surface area (Å²) in [5.74, 6) is -1.74. The largest absolute Gasteiger partial charge is 0.465 e. The van der Waals surface area contributed by atoms with E-state index in [4.69, 9.17) is 9.84 Å². The van der Waals surface area contributed by atoms with Crippen molar-refractivity contribution in [2.24, 2.45) is 5.92 Å². The normalized spacial score (nSPS) is 15.7. The lowest BCUT2D eigenvalue weighted by Gasteiger charge is -2.33. The fourth-order valence-corrected chi connectivity index (χ4v) is 4.46. The molecule has 2 aromatic rings. The summed E-state index contributed by atoms with van der Waals surface area (Å²) in [6, 6.07) is 6.50. The van der Waals surface area contributed by atoms with E-state index in [0.29, 0.717) is 30.5 Å². The van der Waals surface area contributed by atoms with E-state index in [1.54, 1.807) is 0 Å². The van der Waals surface area contributed by atoms with Crippen molar-refractivity contribution in [1.82, 2.24) is 9.80 Å². The number of alkyl halides is 6. The molecule has 1 N–H and O–H groups in total. The van der Waals surface area contributed by atoms with E-state index in [2.05, 4.69) is 0 Å². The molecule has 1 aliphatic heterocycles. The zero-order valence-corrected chi connectivity index (χ0v) is 20.9. The Bertz CT molecular complexity index is 1110. The molecule has 0 aliphatic carbocycles. The van der Waals surface area contributed by atoms with Crippen molar-refractivity contribution in [3.8, 4) is 0 Å². The third-order valence-corrected chi connectivity index (χ3v) is 6.56. The minimum absolute atomic E-state index is 0.0341. The van der Waals surface area contributed by atoms with Crippen molar-refractivity contribution in [1.29, 1.82) is 0 Å². The summed E-state index contributed by atoms with van der Waals surface area (Å²) in [7, 11) is 1.53. The Balaban J connectivity index is 1.72. The second-order valence-corrected chi connectivity index (χ2v) is 9.44. The van der Waals surface area contributed by atoms with Crippen LogP contribution in [0.25, 0.3) is 0 Å². The summed E-state index contributed by atoms with van der Waals surface area (Å²) >= 11 is 0.